The Hall–Kier alpha value is -2.10. The lowest BCUT2D eigenvalue weighted by atomic mass is 9.75. The Kier molecular flexibility index (Phi) is 8.46. The molecule has 0 aromatic carbocycles. The van der Waals surface area contributed by atoms with Gasteiger partial charge in [-0.2, -0.15) is 0 Å². The van der Waals surface area contributed by atoms with Crippen LogP contribution in [-0.4, -0.2) is 66.6 Å². The molecule has 2 aliphatic carbocycles. The van der Waals surface area contributed by atoms with Crippen LogP contribution in [0.3, 0.4) is 0 Å². The summed E-state index contributed by atoms with van der Waals surface area (Å²) in [7, 11) is -3.19. The summed E-state index contributed by atoms with van der Waals surface area (Å²) in [6.45, 7) is 16.0. The smallest absolute Gasteiger partial charge is 0.285 e. The highest BCUT2D eigenvalue weighted by Crippen LogP contribution is 2.85. The molecule has 0 radical (unpaired) electrons. The first kappa shape index (κ1) is 33.8. The van der Waals surface area contributed by atoms with Crippen LogP contribution in [0.4, 0.5) is 0 Å². The molecule has 10 heteroatoms. The maximum atomic E-state index is 14.5. The number of primary amides is 1. The van der Waals surface area contributed by atoms with E-state index < -0.39 is 61.1 Å². The number of nitrogens with two attached hydrogens (primary N) is 1. The predicted octanol–water partition coefficient (Wildman–Crippen LogP) is 3.91. The van der Waals surface area contributed by atoms with Crippen molar-refractivity contribution in [2.24, 2.45) is 50.6 Å². The summed E-state index contributed by atoms with van der Waals surface area (Å²) in [6, 6.07) is -0.860. The molecule has 0 aromatic heterocycles. The minimum Gasteiger partial charge on any atom is -0.363 e. The molecule has 2 spiro atoms. The Morgan fingerprint density at radius 3 is 1.95 bits per heavy atom. The van der Waals surface area contributed by atoms with Crippen LogP contribution >= 0.6 is 0 Å². The first-order valence-electron chi connectivity index (χ1n) is 15.9. The van der Waals surface area contributed by atoms with E-state index in [1.807, 2.05) is 55.4 Å². The average molecular weight is 621 g/mol. The fourth-order valence-electron chi connectivity index (χ4n) is 8.68. The van der Waals surface area contributed by atoms with Gasteiger partial charge in [0, 0.05) is 48.5 Å². The molecule has 2 aliphatic heterocycles. The third-order valence-corrected chi connectivity index (χ3v) is 13.5. The van der Waals surface area contributed by atoms with Crippen LogP contribution in [0.5, 0.6) is 0 Å². The summed E-state index contributed by atoms with van der Waals surface area (Å²) in [6.07, 6.45) is 3.85. The summed E-state index contributed by atoms with van der Waals surface area (Å²) in [5, 5.41) is 0. The van der Waals surface area contributed by atoms with Gasteiger partial charge in [0.1, 0.15) is 5.78 Å². The molecule has 4 aliphatic rings. The van der Waals surface area contributed by atoms with Crippen LogP contribution < -0.4 is 5.73 Å². The van der Waals surface area contributed by atoms with Gasteiger partial charge in [0.2, 0.25) is 11.7 Å². The minimum atomic E-state index is -3.19. The molecule has 2 N–H and O–H groups in total. The van der Waals surface area contributed by atoms with Gasteiger partial charge >= 0.3 is 0 Å². The first-order valence-corrected chi connectivity index (χ1v) is 17.7. The summed E-state index contributed by atoms with van der Waals surface area (Å²) >= 11 is 0. The third-order valence-electron chi connectivity index (χ3n) is 11.6. The second-order valence-corrected chi connectivity index (χ2v) is 19.1. The van der Waals surface area contributed by atoms with E-state index in [-0.39, 0.29) is 59.7 Å². The number of hydrogen-bond donors (Lipinski definition) is 1. The van der Waals surface area contributed by atoms with E-state index in [0.717, 1.165) is 19.3 Å². The number of amides is 2. The van der Waals surface area contributed by atoms with Gasteiger partial charge < -0.3 is 10.6 Å². The third kappa shape index (κ3) is 5.98. The Morgan fingerprint density at radius 1 is 0.930 bits per heavy atom. The van der Waals surface area contributed by atoms with Crippen molar-refractivity contribution in [3.8, 4) is 0 Å². The topological polar surface area (TPSA) is 149 Å². The van der Waals surface area contributed by atoms with Crippen molar-refractivity contribution in [1.29, 1.82) is 0 Å². The maximum absolute atomic E-state index is 14.5. The van der Waals surface area contributed by atoms with Crippen LogP contribution in [0, 0.1) is 44.8 Å². The quantitative estimate of drug-likeness (QED) is 0.344. The predicted molar refractivity (Wildman–Crippen MR) is 163 cm³/mol. The summed E-state index contributed by atoms with van der Waals surface area (Å²) in [5.74, 6) is -3.56. The fourth-order valence-corrected chi connectivity index (χ4v) is 11.4. The number of Topliss-reactive ketones (excluding diaryl/α,β-unsaturated/α-hetero) is 3. The van der Waals surface area contributed by atoms with E-state index in [2.05, 4.69) is 0 Å². The van der Waals surface area contributed by atoms with Crippen molar-refractivity contribution in [1.82, 2.24) is 4.90 Å². The Labute approximate surface area is 257 Å². The average Bonchev–Trinajstić information content (AvgIpc) is 3.08. The number of fused-ring (bicyclic) bond motifs is 1. The molecule has 4 fully saturated rings. The highest BCUT2D eigenvalue weighted by atomic mass is 32.2. The van der Waals surface area contributed by atoms with Gasteiger partial charge in [-0.1, -0.05) is 74.7 Å². The molecule has 2 saturated heterocycles. The zero-order chi connectivity index (χ0) is 32.6. The largest absolute Gasteiger partial charge is 0.363 e. The second kappa shape index (κ2) is 10.8. The second-order valence-electron chi connectivity index (χ2n) is 17.0. The van der Waals surface area contributed by atoms with Crippen LogP contribution in [0.1, 0.15) is 107 Å². The van der Waals surface area contributed by atoms with Crippen LogP contribution in [-0.2, 0) is 33.8 Å². The molecule has 2 saturated carbocycles. The van der Waals surface area contributed by atoms with Crippen molar-refractivity contribution >= 4 is 39.0 Å². The number of carbonyl (C=O) groups excluding carboxylic acids is 5. The van der Waals surface area contributed by atoms with Crippen LogP contribution in [0.25, 0.3) is 0 Å². The van der Waals surface area contributed by atoms with E-state index >= 15 is 0 Å². The van der Waals surface area contributed by atoms with Crippen LogP contribution in [0.2, 0.25) is 0 Å². The standard InChI is InChI=1S/C33H52N2O7S/c1-29(2,3)15-22(36)14-23(30(4,5)6)28(40)35-17-32(31(7,8)33(32)18-43(41,42)19-33)16-24(35)25(37)13-21(26(38)27(34)39)12-20-10-9-11-20/h20-21,23-24H,9-19H2,1-8H3,(H2,34,39)/t21?,23-,24+,32-/m1/s1. The Balaban J connectivity index is 1.67. The number of hydrogen-bond acceptors (Lipinski definition) is 7. The van der Waals surface area contributed by atoms with E-state index in [9.17, 15) is 32.4 Å². The van der Waals surface area contributed by atoms with E-state index in [1.54, 1.807) is 4.90 Å². The van der Waals surface area contributed by atoms with Gasteiger partial charge in [0.15, 0.2) is 15.6 Å². The highest BCUT2D eigenvalue weighted by Gasteiger charge is 2.88. The molecule has 0 bridgehead atoms. The van der Waals surface area contributed by atoms with Gasteiger partial charge in [0.25, 0.3) is 5.91 Å². The molecule has 242 valence electrons. The Bertz CT molecular complexity index is 1300. The summed E-state index contributed by atoms with van der Waals surface area (Å²) in [4.78, 5) is 68.2. The molecule has 0 aromatic rings. The molecule has 1 unspecified atom stereocenters. The lowest BCUT2D eigenvalue weighted by molar-refractivity contribution is -0.147. The van der Waals surface area contributed by atoms with Crippen molar-refractivity contribution < 1.29 is 32.4 Å². The van der Waals surface area contributed by atoms with Crippen molar-refractivity contribution in [2.45, 2.75) is 113 Å². The molecule has 43 heavy (non-hydrogen) atoms. The number of sulfone groups is 1. The number of rotatable bonds is 11. The lowest BCUT2D eigenvalue weighted by Gasteiger charge is -2.36. The normalized spacial score (nSPS) is 28.6. The summed E-state index contributed by atoms with van der Waals surface area (Å²) < 4.78 is 24.9. The number of carbonyl (C=O) groups is 5. The van der Waals surface area contributed by atoms with E-state index in [4.69, 9.17) is 5.73 Å². The maximum Gasteiger partial charge on any atom is 0.285 e. The van der Waals surface area contributed by atoms with Gasteiger partial charge in [-0.05, 0) is 35.0 Å². The van der Waals surface area contributed by atoms with Crippen molar-refractivity contribution in [2.75, 3.05) is 18.1 Å². The molecule has 4 atom stereocenters. The Morgan fingerprint density at radius 2 is 1.51 bits per heavy atom. The van der Waals surface area contributed by atoms with Gasteiger partial charge in [-0.15, -0.1) is 0 Å². The molecular weight excluding hydrogens is 568 g/mol. The number of ketones is 3. The molecular formula is C33H52N2O7S. The van der Waals surface area contributed by atoms with E-state index in [0.29, 0.717) is 19.3 Å². The van der Waals surface area contributed by atoms with Gasteiger partial charge in [-0.3, -0.25) is 24.0 Å². The fraction of sp³-hybridized carbons (Fsp3) is 0.848. The zero-order valence-corrected chi connectivity index (χ0v) is 28.2. The molecule has 2 heterocycles. The molecule has 4 rings (SSSR count). The number of likely N-dealkylation sites (tertiary alicyclic amines) is 1. The summed E-state index contributed by atoms with van der Waals surface area (Å²) in [5.41, 5.74) is 3.09. The van der Waals surface area contributed by atoms with Crippen molar-refractivity contribution in [3.05, 3.63) is 0 Å². The minimum absolute atomic E-state index is 0.0153. The van der Waals surface area contributed by atoms with Gasteiger partial charge in [-0.25, -0.2) is 8.42 Å². The van der Waals surface area contributed by atoms with Crippen molar-refractivity contribution in [3.63, 3.8) is 0 Å². The zero-order valence-electron chi connectivity index (χ0n) is 27.4. The highest BCUT2D eigenvalue weighted by molar-refractivity contribution is 7.92. The molecule has 2 amide bonds. The first-order chi connectivity index (χ1) is 19.5. The van der Waals surface area contributed by atoms with E-state index in [1.165, 1.54) is 0 Å². The number of nitrogens with zero attached hydrogens (tertiary/aromatic N) is 1. The molecule has 9 nitrogen and oxygen atoms in total. The van der Waals surface area contributed by atoms with Gasteiger partial charge in [0.05, 0.1) is 17.5 Å². The lowest BCUT2D eigenvalue weighted by Crippen LogP contribution is -2.48. The van der Waals surface area contributed by atoms with Crippen LogP contribution in [0.15, 0.2) is 0 Å². The SMILES string of the molecule is CC(C)(C)CC(=O)C[C@H](C(=O)N1C[C@]2(C[C@H]1C(=O)CC(CC1CCC1)C(=O)C(N)=O)C(C)(C)C21CS(=O)(=O)C1)C(C)(C)C. The monoisotopic (exact) mass is 620 g/mol.